The maximum atomic E-state index is 4.86. The van der Waals surface area contributed by atoms with Gasteiger partial charge < -0.3 is 9.97 Å². The number of fused-ring (bicyclic) bond motifs is 8. The zero-order valence-corrected chi connectivity index (χ0v) is 19.4. The van der Waals surface area contributed by atoms with Crippen molar-refractivity contribution in [1.82, 2.24) is 19.9 Å². The average molecular weight is 429 g/mol. The number of hydrogen-bond donors (Lipinski definition) is 2. The Bertz CT molecular complexity index is 1260. The first-order chi connectivity index (χ1) is 14.5. The maximum absolute atomic E-state index is 4.86. The van der Waals surface area contributed by atoms with Crippen LogP contribution in [0.15, 0.2) is 24.3 Å². The van der Waals surface area contributed by atoms with Crippen LogP contribution in [-0.4, -0.2) is 35.3 Å². The molecule has 8 bridgehead atoms. The number of hydrogen-bond acceptors (Lipinski definition) is 2. The lowest BCUT2D eigenvalue weighted by molar-refractivity contribution is 1.19. The van der Waals surface area contributed by atoms with Gasteiger partial charge in [-0.2, -0.15) is 0 Å². The van der Waals surface area contributed by atoms with E-state index in [4.69, 9.17) is 9.97 Å². The summed E-state index contributed by atoms with van der Waals surface area (Å²) in [5.74, 6) is 0. The minimum absolute atomic E-state index is 0.973. The second-order valence-corrected chi connectivity index (χ2v) is 7.50. The standard InChI is InChI=1S/C24H22N4.Al.ClH/c1-13-17-5-7-19(25-17)14(2)21-9-11-23(27-21)16(4)24-12-10-22(28-24)15(3)20-8-6-18(13)26-20;;/h5-12,25-26H,1-4H3;;1H/q;+1;/p-1. The molecule has 5 heterocycles. The van der Waals surface area contributed by atoms with Crippen molar-refractivity contribution in [2.75, 3.05) is 0 Å². The maximum Gasteiger partial charge on any atom is 0.293 e. The van der Waals surface area contributed by atoms with Crippen LogP contribution in [0.3, 0.4) is 0 Å². The Hall–Kier alpha value is -2.58. The van der Waals surface area contributed by atoms with Crippen molar-refractivity contribution in [3.63, 3.8) is 0 Å². The molecule has 2 radical (unpaired) electrons. The first-order valence-corrected chi connectivity index (χ1v) is 11.5. The second-order valence-electron chi connectivity index (χ2n) is 7.50. The smallest absolute Gasteiger partial charge is 0.293 e. The number of halogens is 1. The van der Waals surface area contributed by atoms with Crippen molar-refractivity contribution in [2.45, 2.75) is 27.7 Å². The summed E-state index contributed by atoms with van der Waals surface area (Å²) < 4.78 is 0. The number of nitrogens with one attached hydrogen (secondary N) is 2. The Morgan fingerprint density at radius 2 is 0.833 bits per heavy atom. The van der Waals surface area contributed by atoms with E-state index >= 15 is 0 Å². The summed E-state index contributed by atoms with van der Waals surface area (Å²) in [6.07, 6.45) is 8.33. The Morgan fingerprint density at radius 1 is 0.533 bits per heavy atom. The van der Waals surface area contributed by atoms with Gasteiger partial charge in [0, 0.05) is 27.6 Å². The van der Waals surface area contributed by atoms with E-state index in [0.717, 1.165) is 61.5 Å². The van der Waals surface area contributed by atoms with Gasteiger partial charge in [0.2, 0.25) is 0 Å². The molecule has 5 rings (SSSR count). The first kappa shape index (κ1) is 20.7. The van der Waals surface area contributed by atoms with Crippen molar-refractivity contribution >= 4 is 71.8 Å². The third-order valence-corrected chi connectivity index (χ3v) is 5.80. The summed E-state index contributed by atoms with van der Waals surface area (Å²) in [4.78, 5) is 16.8. The minimum Gasteiger partial charge on any atom is -0.355 e. The SMILES string of the molecule is Cc1c2nc(c(C)c3ccc([nH]3)c(C)c3ccc([nH]3)c(C)c3nc1C=C3)C=C2.[Al][Cl]. The lowest BCUT2D eigenvalue weighted by atomic mass is 10.2. The monoisotopic (exact) mass is 428 g/mol. The molecule has 0 fully saturated rings. The van der Waals surface area contributed by atoms with Gasteiger partial charge in [-0.3, -0.25) is 10.0 Å². The van der Waals surface area contributed by atoms with Gasteiger partial charge >= 0.3 is 0 Å². The molecule has 0 saturated heterocycles. The van der Waals surface area contributed by atoms with E-state index in [1.54, 1.807) is 0 Å². The molecule has 3 aromatic heterocycles. The average Bonchev–Trinajstić information content (AvgIpc) is 3.58. The van der Waals surface area contributed by atoms with E-state index in [9.17, 15) is 0 Å². The predicted octanol–water partition coefficient (Wildman–Crippen LogP) is 6.20. The second kappa shape index (κ2) is 8.28. The van der Waals surface area contributed by atoms with Gasteiger partial charge in [0.15, 0.2) is 0 Å². The summed E-state index contributed by atoms with van der Waals surface area (Å²) in [7, 11) is 4.56. The molecule has 2 N–H and O–H groups in total. The minimum atomic E-state index is 0.973. The van der Waals surface area contributed by atoms with Gasteiger partial charge in [-0.15, -0.1) is 0 Å². The van der Waals surface area contributed by atoms with E-state index in [0.29, 0.717) is 0 Å². The lowest BCUT2D eigenvalue weighted by Crippen LogP contribution is -1.88. The molecular weight excluding hydrogens is 407 g/mol. The molecule has 0 aromatic carbocycles. The molecule has 0 unspecified atom stereocenters. The Labute approximate surface area is 188 Å². The molecule has 6 heteroatoms. The summed E-state index contributed by atoms with van der Waals surface area (Å²) in [6.45, 7) is 8.44. The van der Waals surface area contributed by atoms with Gasteiger partial charge in [-0.1, -0.05) is 0 Å². The molecule has 3 aromatic rings. The molecule has 2 aliphatic heterocycles. The van der Waals surface area contributed by atoms with Gasteiger partial charge in [0.1, 0.15) is 0 Å². The van der Waals surface area contributed by atoms with Crippen molar-refractivity contribution in [1.29, 1.82) is 0 Å². The number of nitrogens with zero attached hydrogens (tertiary/aromatic N) is 2. The van der Waals surface area contributed by atoms with E-state index in [2.05, 4.69) is 96.3 Å². The van der Waals surface area contributed by atoms with Crippen LogP contribution >= 0.6 is 10.0 Å². The molecular formula is C24H22AlClN4. The van der Waals surface area contributed by atoms with Crippen molar-refractivity contribution in [3.05, 3.63) is 69.3 Å². The fourth-order valence-corrected chi connectivity index (χ4v) is 3.78. The van der Waals surface area contributed by atoms with Crippen LogP contribution in [0.4, 0.5) is 0 Å². The first-order valence-electron chi connectivity index (χ1n) is 9.76. The zero-order chi connectivity index (χ0) is 21.4. The molecule has 0 amide bonds. The Morgan fingerprint density at radius 3 is 1.20 bits per heavy atom. The number of aryl methyl sites for hydroxylation is 3. The number of aromatic nitrogens is 4. The van der Waals surface area contributed by atoms with Gasteiger partial charge in [-0.25, -0.2) is 9.97 Å². The summed E-state index contributed by atoms with van der Waals surface area (Å²) >= 11 is 1.89. The molecule has 0 saturated carbocycles. The van der Waals surface area contributed by atoms with Gasteiger partial charge in [0.25, 0.3) is 15.4 Å². The molecule has 0 spiro atoms. The summed E-state index contributed by atoms with van der Waals surface area (Å²) in [5.41, 5.74) is 12.9. The molecule has 2 aliphatic rings. The van der Waals surface area contributed by atoms with Gasteiger partial charge in [-0.05, 0) is 93.0 Å². The Balaban J connectivity index is 0.00000106. The highest BCUT2D eigenvalue weighted by molar-refractivity contribution is 6.80. The zero-order valence-electron chi connectivity index (χ0n) is 17.5. The highest BCUT2D eigenvalue weighted by atomic mass is 35.6. The van der Waals surface area contributed by atoms with Crippen LogP contribution in [-0.2, 0) is 0 Å². The van der Waals surface area contributed by atoms with Gasteiger partial charge in [0.05, 0.1) is 22.8 Å². The van der Waals surface area contributed by atoms with Crippen LogP contribution in [0.5, 0.6) is 0 Å². The molecule has 0 atom stereocenters. The normalized spacial score (nSPS) is 12.0. The molecule has 0 aliphatic carbocycles. The predicted molar refractivity (Wildman–Crippen MR) is 129 cm³/mol. The molecule has 30 heavy (non-hydrogen) atoms. The number of rotatable bonds is 0. The number of aromatic amines is 2. The highest BCUT2D eigenvalue weighted by Crippen LogP contribution is 2.25. The molecule has 4 nitrogen and oxygen atoms in total. The van der Waals surface area contributed by atoms with Crippen molar-refractivity contribution in [3.8, 4) is 0 Å². The van der Waals surface area contributed by atoms with Crippen molar-refractivity contribution < 1.29 is 0 Å². The quantitative estimate of drug-likeness (QED) is 0.288. The third kappa shape index (κ3) is 3.54. The summed E-state index contributed by atoms with van der Waals surface area (Å²) in [5, 5.41) is 0. The lowest BCUT2D eigenvalue weighted by Gasteiger charge is -1.97. The van der Waals surface area contributed by atoms with Crippen LogP contribution in [0, 0.1) is 27.7 Å². The van der Waals surface area contributed by atoms with E-state index < -0.39 is 0 Å². The van der Waals surface area contributed by atoms with Crippen LogP contribution in [0.1, 0.15) is 45.0 Å². The fourth-order valence-electron chi connectivity index (χ4n) is 3.78. The fraction of sp³-hybridized carbons (Fsp3) is 0.167. The number of H-pyrrole nitrogens is 2. The highest BCUT2D eigenvalue weighted by Gasteiger charge is 2.11. The summed E-state index contributed by atoms with van der Waals surface area (Å²) in [6, 6.07) is 8.52. The van der Waals surface area contributed by atoms with E-state index in [1.165, 1.54) is 5.56 Å². The van der Waals surface area contributed by atoms with E-state index in [-0.39, 0.29) is 0 Å². The third-order valence-electron chi connectivity index (χ3n) is 5.80. The van der Waals surface area contributed by atoms with Crippen LogP contribution in [0.25, 0.3) is 46.4 Å². The Kier molecular flexibility index (Phi) is 5.71. The van der Waals surface area contributed by atoms with Crippen molar-refractivity contribution in [2.24, 2.45) is 0 Å². The largest absolute Gasteiger partial charge is 0.355 e. The topological polar surface area (TPSA) is 57.4 Å². The molecule has 148 valence electrons. The van der Waals surface area contributed by atoms with Crippen LogP contribution in [0.2, 0.25) is 0 Å². The van der Waals surface area contributed by atoms with E-state index in [1.807, 2.05) is 15.4 Å². The van der Waals surface area contributed by atoms with Crippen LogP contribution < -0.4 is 0 Å².